The standard InChI is InChI=1S/C14H20N4S/c1-11(12-9-15-6-7-16-12)17-10-13(18(2)3)14-5-4-8-19-14/h4-9,11,13,17H,10H2,1-3H3. The topological polar surface area (TPSA) is 41.0 Å². The zero-order chi connectivity index (χ0) is 13.7. The molecule has 2 rings (SSSR count). The number of likely N-dealkylation sites (N-methyl/N-ethyl adjacent to an activating group) is 1. The predicted octanol–water partition coefficient (Wildman–Crippen LogP) is 2.49. The average molecular weight is 276 g/mol. The first-order chi connectivity index (χ1) is 9.18. The SMILES string of the molecule is CC(NCC(c1cccs1)N(C)C)c1cnccn1. The molecule has 19 heavy (non-hydrogen) atoms. The lowest BCUT2D eigenvalue weighted by atomic mass is 10.2. The van der Waals surface area contributed by atoms with Gasteiger partial charge in [0, 0.05) is 36.1 Å². The summed E-state index contributed by atoms with van der Waals surface area (Å²) in [5.41, 5.74) is 0.978. The molecule has 0 aliphatic carbocycles. The molecular weight excluding hydrogens is 256 g/mol. The molecule has 0 saturated carbocycles. The Morgan fingerprint density at radius 2 is 2.21 bits per heavy atom. The summed E-state index contributed by atoms with van der Waals surface area (Å²) in [4.78, 5) is 12.1. The number of hydrogen-bond acceptors (Lipinski definition) is 5. The van der Waals surface area contributed by atoms with Gasteiger partial charge in [-0.25, -0.2) is 0 Å². The van der Waals surface area contributed by atoms with E-state index in [2.05, 4.69) is 58.7 Å². The predicted molar refractivity (Wildman–Crippen MR) is 79.2 cm³/mol. The van der Waals surface area contributed by atoms with Gasteiger partial charge >= 0.3 is 0 Å². The molecule has 2 aromatic heterocycles. The normalized spacial score (nSPS) is 14.5. The fourth-order valence-electron chi connectivity index (χ4n) is 1.95. The molecule has 0 aromatic carbocycles. The summed E-state index contributed by atoms with van der Waals surface area (Å²) in [7, 11) is 4.22. The van der Waals surface area contributed by atoms with E-state index in [0.29, 0.717) is 6.04 Å². The first kappa shape index (κ1) is 14.1. The fraction of sp³-hybridized carbons (Fsp3) is 0.429. The first-order valence-corrected chi connectivity index (χ1v) is 7.25. The van der Waals surface area contributed by atoms with Crippen LogP contribution in [0.2, 0.25) is 0 Å². The molecule has 2 unspecified atom stereocenters. The molecule has 5 heteroatoms. The van der Waals surface area contributed by atoms with Crippen LogP contribution in [-0.4, -0.2) is 35.5 Å². The molecule has 0 bridgehead atoms. The van der Waals surface area contributed by atoms with Gasteiger partial charge in [-0.15, -0.1) is 11.3 Å². The van der Waals surface area contributed by atoms with Gasteiger partial charge in [0.25, 0.3) is 0 Å². The summed E-state index contributed by atoms with van der Waals surface area (Å²) in [5.74, 6) is 0. The van der Waals surface area contributed by atoms with Gasteiger partial charge in [0.15, 0.2) is 0 Å². The Hall–Kier alpha value is -1.30. The van der Waals surface area contributed by atoms with Gasteiger partial charge in [-0.05, 0) is 32.5 Å². The van der Waals surface area contributed by atoms with Crippen molar-refractivity contribution in [1.82, 2.24) is 20.2 Å². The van der Waals surface area contributed by atoms with Crippen molar-refractivity contribution in [3.05, 3.63) is 46.7 Å². The molecule has 0 amide bonds. The number of aromatic nitrogens is 2. The molecule has 2 aromatic rings. The average Bonchev–Trinajstić information content (AvgIpc) is 2.93. The maximum atomic E-state index is 4.33. The lowest BCUT2D eigenvalue weighted by Crippen LogP contribution is -2.32. The van der Waals surface area contributed by atoms with E-state index in [1.807, 2.05) is 6.20 Å². The summed E-state index contributed by atoms with van der Waals surface area (Å²) >= 11 is 1.80. The van der Waals surface area contributed by atoms with E-state index in [4.69, 9.17) is 0 Å². The molecule has 0 fully saturated rings. The molecule has 1 N–H and O–H groups in total. The van der Waals surface area contributed by atoms with Crippen LogP contribution >= 0.6 is 11.3 Å². The van der Waals surface area contributed by atoms with E-state index in [1.54, 1.807) is 23.7 Å². The van der Waals surface area contributed by atoms with Crippen LogP contribution < -0.4 is 5.32 Å². The lowest BCUT2D eigenvalue weighted by Gasteiger charge is -2.25. The van der Waals surface area contributed by atoms with Gasteiger partial charge in [0.2, 0.25) is 0 Å². The third kappa shape index (κ3) is 3.83. The van der Waals surface area contributed by atoms with E-state index in [1.165, 1.54) is 4.88 Å². The quantitative estimate of drug-likeness (QED) is 0.880. The maximum absolute atomic E-state index is 4.33. The van der Waals surface area contributed by atoms with Gasteiger partial charge in [0.05, 0.1) is 11.7 Å². The van der Waals surface area contributed by atoms with Gasteiger partial charge in [-0.1, -0.05) is 6.07 Å². The first-order valence-electron chi connectivity index (χ1n) is 6.37. The van der Waals surface area contributed by atoms with Crippen molar-refractivity contribution >= 4 is 11.3 Å². The fourth-order valence-corrected chi connectivity index (χ4v) is 2.87. The molecule has 2 heterocycles. The van der Waals surface area contributed by atoms with Crippen molar-refractivity contribution in [2.24, 2.45) is 0 Å². The molecule has 2 atom stereocenters. The van der Waals surface area contributed by atoms with Crippen LogP contribution in [0.1, 0.15) is 29.6 Å². The van der Waals surface area contributed by atoms with Crippen LogP contribution in [0.3, 0.4) is 0 Å². The number of thiophene rings is 1. The molecule has 0 saturated heterocycles. The highest BCUT2D eigenvalue weighted by Crippen LogP contribution is 2.23. The maximum Gasteiger partial charge on any atom is 0.0753 e. The van der Waals surface area contributed by atoms with E-state index in [9.17, 15) is 0 Å². The van der Waals surface area contributed by atoms with Gasteiger partial charge in [-0.2, -0.15) is 0 Å². The van der Waals surface area contributed by atoms with Gasteiger partial charge < -0.3 is 10.2 Å². The second kappa shape index (κ2) is 6.75. The zero-order valence-electron chi connectivity index (χ0n) is 11.6. The Bertz CT molecular complexity index is 469. The van der Waals surface area contributed by atoms with Crippen LogP contribution in [0.25, 0.3) is 0 Å². The van der Waals surface area contributed by atoms with Crippen molar-refractivity contribution in [3.8, 4) is 0 Å². The second-order valence-corrected chi connectivity index (χ2v) is 5.73. The second-order valence-electron chi connectivity index (χ2n) is 4.76. The molecule has 0 spiro atoms. The summed E-state index contributed by atoms with van der Waals surface area (Å²) in [6.07, 6.45) is 5.24. The number of rotatable bonds is 6. The number of hydrogen-bond donors (Lipinski definition) is 1. The number of nitrogens with one attached hydrogen (secondary N) is 1. The molecule has 0 aliphatic rings. The number of nitrogens with zero attached hydrogens (tertiary/aromatic N) is 3. The summed E-state index contributed by atoms with van der Waals surface area (Å²) in [6, 6.07) is 4.88. The monoisotopic (exact) mass is 276 g/mol. The van der Waals surface area contributed by atoms with Crippen LogP contribution in [0.4, 0.5) is 0 Å². The molecule has 0 radical (unpaired) electrons. The third-order valence-corrected chi connectivity index (χ3v) is 4.11. The van der Waals surface area contributed by atoms with Gasteiger partial charge in [-0.3, -0.25) is 9.97 Å². The van der Waals surface area contributed by atoms with Crippen LogP contribution in [0, 0.1) is 0 Å². The highest BCUT2D eigenvalue weighted by molar-refractivity contribution is 7.10. The Morgan fingerprint density at radius 3 is 2.79 bits per heavy atom. The minimum Gasteiger partial charge on any atom is -0.307 e. The molecule has 4 nitrogen and oxygen atoms in total. The minimum atomic E-state index is 0.205. The summed E-state index contributed by atoms with van der Waals surface area (Å²) in [6.45, 7) is 3.01. The van der Waals surface area contributed by atoms with Crippen molar-refractivity contribution in [2.75, 3.05) is 20.6 Å². The summed E-state index contributed by atoms with van der Waals surface area (Å²) < 4.78 is 0. The Morgan fingerprint density at radius 1 is 1.37 bits per heavy atom. The Labute approximate surface area is 118 Å². The Kier molecular flexibility index (Phi) is 5.01. The van der Waals surface area contributed by atoms with E-state index in [0.717, 1.165) is 12.2 Å². The zero-order valence-corrected chi connectivity index (χ0v) is 12.4. The molecular formula is C14H20N4S. The van der Waals surface area contributed by atoms with Crippen molar-refractivity contribution < 1.29 is 0 Å². The van der Waals surface area contributed by atoms with E-state index in [-0.39, 0.29) is 6.04 Å². The van der Waals surface area contributed by atoms with E-state index >= 15 is 0 Å². The van der Waals surface area contributed by atoms with Gasteiger partial charge in [0.1, 0.15) is 0 Å². The lowest BCUT2D eigenvalue weighted by molar-refractivity contribution is 0.285. The van der Waals surface area contributed by atoms with Crippen molar-refractivity contribution in [3.63, 3.8) is 0 Å². The van der Waals surface area contributed by atoms with Crippen LogP contribution in [0.5, 0.6) is 0 Å². The third-order valence-electron chi connectivity index (χ3n) is 3.14. The molecule has 102 valence electrons. The van der Waals surface area contributed by atoms with E-state index < -0.39 is 0 Å². The molecule has 0 aliphatic heterocycles. The highest BCUT2D eigenvalue weighted by Gasteiger charge is 2.16. The minimum absolute atomic E-state index is 0.205. The Balaban J connectivity index is 1.96. The van der Waals surface area contributed by atoms with Crippen LogP contribution in [0.15, 0.2) is 36.1 Å². The van der Waals surface area contributed by atoms with Crippen LogP contribution in [-0.2, 0) is 0 Å². The highest BCUT2D eigenvalue weighted by atomic mass is 32.1. The summed E-state index contributed by atoms with van der Waals surface area (Å²) in [5, 5.41) is 5.65. The van der Waals surface area contributed by atoms with Crippen molar-refractivity contribution in [2.45, 2.75) is 19.0 Å². The largest absolute Gasteiger partial charge is 0.307 e. The van der Waals surface area contributed by atoms with Crippen molar-refractivity contribution in [1.29, 1.82) is 0 Å². The smallest absolute Gasteiger partial charge is 0.0753 e.